The second kappa shape index (κ2) is 8.24. The van der Waals surface area contributed by atoms with Crippen molar-refractivity contribution in [3.8, 4) is 5.75 Å². The van der Waals surface area contributed by atoms with E-state index in [1.165, 1.54) is 22.2 Å². The third-order valence-corrected chi connectivity index (χ3v) is 7.24. The van der Waals surface area contributed by atoms with Gasteiger partial charge in [-0.25, -0.2) is 9.97 Å². The molecule has 5 rings (SSSR count). The summed E-state index contributed by atoms with van der Waals surface area (Å²) in [6.45, 7) is 4.58. The Hall–Kier alpha value is -3.30. The van der Waals surface area contributed by atoms with Gasteiger partial charge in [-0.2, -0.15) is 0 Å². The Kier molecular flexibility index (Phi) is 5.38. The number of methoxy groups -OCH3 is 1. The summed E-state index contributed by atoms with van der Waals surface area (Å²) in [5.74, 6) is 0.388. The van der Waals surface area contributed by atoms with E-state index in [0.29, 0.717) is 28.3 Å². The summed E-state index contributed by atoms with van der Waals surface area (Å²) >= 11 is 1.32. The standard InChI is InChI=1S/C24H24N4O4S/c1-4-24(2)10-18-14(12-32-24)9-17-20-21(33-22(17)27-18)23(30)28(13-25-20)11-19(29)26-15-5-7-16(31-3)8-6-15/h5-9,13H,4,10-12H2,1-3H3,(H,26,29)/t24-/m1/s1. The van der Waals surface area contributed by atoms with Crippen molar-refractivity contribution in [2.45, 2.75) is 45.4 Å². The van der Waals surface area contributed by atoms with Crippen molar-refractivity contribution >= 4 is 43.4 Å². The second-order valence-corrected chi connectivity index (χ2v) is 9.45. The van der Waals surface area contributed by atoms with E-state index in [1.807, 2.05) is 6.07 Å². The number of nitrogens with zero attached hydrogens (tertiary/aromatic N) is 3. The van der Waals surface area contributed by atoms with Crippen LogP contribution in [0.3, 0.4) is 0 Å². The largest absolute Gasteiger partial charge is 0.497 e. The van der Waals surface area contributed by atoms with E-state index in [9.17, 15) is 9.59 Å². The minimum Gasteiger partial charge on any atom is -0.497 e. The molecule has 1 aliphatic rings. The highest BCUT2D eigenvalue weighted by Crippen LogP contribution is 2.35. The maximum absolute atomic E-state index is 13.1. The topological polar surface area (TPSA) is 95.3 Å². The molecule has 0 saturated heterocycles. The molecular weight excluding hydrogens is 440 g/mol. The fourth-order valence-corrected chi connectivity index (χ4v) is 5.06. The van der Waals surface area contributed by atoms with Crippen LogP contribution in [0.1, 0.15) is 31.5 Å². The van der Waals surface area contributed by atoms with Gasteiger partial charge in [-0.05, 0) is 43.7 Å². The van der Waals surface area contributed by atoms with Gasteiger partial charge in [-0.3, -0.25) is 14.2 Å². The average Bonchev–Trinajstić information content (AvgIpc) is 3.18. The van der Waals surface area contributed by atoms with Crippen molar-refractivity contribution in [1.29, 1.82) is 0 Å². The second-order valence-electron chi connectivity index (χ2n) is 8.45. The first-order valence-corrected chi connectivity index (χ1v) is 11.6. The molecule has 0 unspecified atom stereocenters. The lowest BCUT2D eigenvalue weighted by molar-refractivity contribution is -0.116. The third-order valence-electron chi connectivity index (χ3n) is 6.16. The molecule has 1 N–H and O–H groups in total. The Bertz CT molecular complexity index is 1430. The Balaban J connectivity index is 1.44. The van der Waals surface area contributed by atoms with Gasteiger partial charge in [-0.1, -0.05) is 6.92 Å². The normalized spacial score (nSPS) is 17.8. The van der Waals surface area contributed by atoms with Gasteiger partial charge in [0, 0.05) is 23.1 Å². The van der Waals surface area contributed by atoms with E-state index in [0.717, 1.165) is 34.3 Å². The molecule has 4 heterocycles. The fraction of sp³-hybridized carbons (Fsp3) is 0.333. The lowest BCUT2D eigenvalue weighted by atomic mass is 9.91. The van der Waals surface area contributed by atoms with Gasteiger partial charge >= 0.3 is 0 Å². The zero-order valence-corrected chi connectivity index (χ0v) is 19.5. The summed E-state index contributed by atoms with van der Waals surface area (Å²) in [6.07, 6.45) is 3.07. The summed E-state index contributed by atoms with van der Waals surface area (Å²) in [6, 6.07) is 9.04. The number of amides is 1. The number of anilines is 1. The number of pyridine rings is 1. The number of carbonyl (C=O) groups excluding carboxylic acids is 1. The Morgan fingerprint density at radius 2 is 2.12 bits per heavy atom. The van der Waals surface area contributed by atoms with E-state index < -0.39 is 0 Å². The molecule has 1 aromatic carbocycles. The minimum absolute atomic E-state index is 0.130. The van der Waals surface area contributed by atoms with Crippen LogP contribution >= 0.6 is 11.3 Å². The first-order chi connectivity index (χ1) is 15.9. The molecule has 1 aliphatic heterocycles. The number of aromatic nitrogens is 3. The lowest BCUT2D eigenvalue weighted by Gasteiger charge is -2.33. The first-order valence-electron chi connectivity index (χ1n) is 10.8. The van der Waals surface area contributed by atoms with Crippen LogP contribution in [0.4, 0.5) is 5.69 Å². The van der Waals surface area contributed by atoms with E-state index in [1.54, 1.807) is 31.4 Å². The monoisotopic (exact) mass is 464 g/mol. The maximum atomic E-state index is 13.1. The Morgan fingerprint density at radius 3 is 2.85 bits per heavy atom. The number of rotatable bonds is 5. The number of fused-ring (bicyclic) bond motifs is 4. The number of nitrogens with one attached hydrogen (secondary N) is 1. The van der Waals surface area contributed by atoms with Crippen LogP contribution in [0.15, 0.2) is 41.5 Å². The molecule has 4 aromatic rings. The zero-order chi connectivity index (χ0) is 23.2. The van der Waals surface area contributed by atoms with E-state index in [2.05, 4.69) is 24.1 Å². The van der Waals surface area contributed by atoms with Crippen molar-refractivity contribution in [3.63, 3.8) is 0 Å². The van der Waals surface area contributed by atoms with Crippen molar-refractivity contribution < 1.29 is 14.3 Å². The molecule has 3 aromatic heterocycles. The lowest BCUT2D eigenvalue weighted by Crippen LogP contribution is -2.35. The quantitative estimate of drug-likeness (QED) is 0.481. The molecular formula is C24H24N4O4S. The van der Waals surface area contributed by atoms with Crippen LogP contribution in [-0.4, -0.2) is 33.2 Å². The van der Waals surface area contributed by atoms with Crippen LogP contribution in [0.2, 0.25) is 0 Å². The minimum atomic E-state index is -0.311. The molecule has 0 bridgehead atoms. The summed E-state index contributed by atoms with van der Waals surface area (Å²) in [7, 11) is 1.58. The summed E-state index contributed by atoms with van der Waals surface area (Å²) in [5.41, 5.74) is 2.83. The van der Waals surface area contributed by atoms with Gasteiger partial charge < -0.3 is 14.8 Å². The molecule has 33 heavy (non-hydrogen) atoms. The predicted molar refractivity (Wildman–Crippen MR) is 128 cm³/mol. The van der Waals surface area contributed by atoms with Gasteiger partial charge in [0.25, 0.3) is 5.56 Å². The van der Waals surface area contributed by atoms with Crippen LogP contribution in [0, 0.1) is 0 Å². The van der Waals surface area contributed by atoms with Crippen LogP contribution in [0.5, 0.6) is 5.75 Å². The van der Waals surface area contributed by atoms with Gasteiger partial charge in [-0.15, -0.1) is 11.3 Å². The number of hydrogen-bond acceptors (Lipinski definition) is 7. The summed E-state index contributed by atoms with van der Waals surface area (Å²) in [4.78, 5) is 35.8. The SMILES string of the molecule is CC[C@]1(C)Cc2nc3sc4c(=O)n(CC(=O)Nc5ccc(OC)cc5)cnc4c3cc2CO1. The highest BCUT2D eigenvalue weighted by atomic mass is 32.1. The molecule has 8 nitrogen and oxygen atoms in total. The van der Waals surface area contributed by atoms with Crippen molar-refractivity contribution in [2.75, 3.05) is 12.4 Å². The molecule has 0 saturated carbocycles. The summed E-state index contributed by atoms with van der Waals surface area (Å²) < 4.78 is 13.0. The predicted octanol–water partition coefficient (Wildman–Crippen LogP) is 3.89. The highest BCUT2D eigenvalue weighted by molar-refractivity contribution is 7.25. The van der Waals surface area contributed by atoms with Gasteiger partial charge in [0.05, 0.1) is 36.9 Å². The number of carbonyl (C=O) groups is 1. The smallest absolute Gasteiger partial charge is 0.271 e. The Morgan fingerprint density at radius 1 is 1.33 bits per heavy atom. The van der Waals surface area contributed by atoms with Crippen LogP contribution in [0.25, 0.3) is 20.4 Å². The van der Waals surface area contributed by atoms with Crippen molar-refractivity contribution in [3.05, 3.63) is 58.3 Å². The van der Waals surface area contributed by atoms with Gasteiger partial charge in [0.15, 0.2) is 0 Å². The Labute approximate surface area is 194 Å². The van der Waals surface area contributed by atoms with Crippen molar-refractivity contribution in [1.82, 2.24) is 14.5 Å². The van der Waals surface area contributed by atoms with Crippen LogP contribution in [-0.2, 0) is 29.1 Å². The third kappa shape index (κ3) is 3.98. The molecule has 1 amide bonds. The van der Waals surface area contributed by atoms with Crippen molar-refractivity contribution in [2.24, 2.45) is 0 Å². The fourth-order valence-electron chi connectivity index (χ4n) is 3.98. The molecule has 0 fully saturated rings. The molecule has 0 spiro atoms. The highest BCUT2D eigenvalue weighted by Gasteiger charge is 2.31. The molecule has 0 radical (unpaired) electrons. The summed E-state index contributed by atoms with van der Waals surface area (Å²) in [5, 5.41) is 3.64. The van der Waals surface area contributed by atoms with E-state index >= 15 is 0 Å². The average molecular weight is 465 g/mol. The first kappa shape index (κ1) is 21.5. The van der Waals surface area contributed by atoms with Gasteiger partial charge in [0.1, 0.15) is 21.8 Å². The molecule has 9 heteroatoms. The van der Waals surface area contributed by atoms with Crippen LogP contribution < -0.4 is 15.6 Å². The number of thiophene rings is 1. The maximum Gasteiger partial charge on any atom is 0.271 e. The molecule has 0 aliphatic carbocycles. The van der Waals surface area contributed by atoms with E-state index in [-0.39, 0.29) is 23.6 Å². The number of hydrogen-bond donors (Lipinski definition) is 1. The number of benzene rings is 1. The number of ether oxygens (including phenoxy) is 2. The molecule has 1 atom stereocenters. The van der Waals surface area contributed by atoms with Gasteiger partial charge in [0.2, 0.25) is 5.91 Å². The molecule has 170 valence electrons. The van der Waals surface area contributed by atoms with E-state index in [4.69, 9.17) is 14.5 Å². The zero-order valence-electron chi connectivity index (χ0n) is 18.7.